The maximum absolute atomic E-state index is 6.10. The second-order valence-corrected chi connectivity index (χ2v) is 7.38. The number of pyridine rings is 1. The summed E-state index contributed by atoms with van der Waals surface area (Å²) in [5, 5.41) is 4.49. The number of ether oxygens (including phenoxy) is 1. The number of nitrogens with zero attached hydrogens (tertiary/aromatic N) is 3. The zero-order valence-electron chi connectivity index (χ0n) is 13.7. The van der Waals surface area contributed by atoms with Gasteiger partial charge in [-0.2, -0.15) is 0 Å². The van der Waals surface area contributed by atoms with Crippen LogP contribution in [-0.2, 0) is 6.54 Å². The Morgan fingerprint density at radius 1 is 1.25 bits per heavy atom. The van der Waals surface area contributed by atoms with Crippen LogP contribution in [0.4, 0.5) is 5.82 Å². The molecule has 0 saturated heterocycles. The molecule has 1 fully saturated rings. The van der Waals surface area contributed by atoms with Gasteiger partial charge in [0.2, 0.25) is 5.88 Å². The average Bonchev–Trinajstić information content (AvgIpc) is 3.22. The summed E-state index contributed by atoms with van der Waals surface area (Å²) in [6.45, 7) is 2.72. The van der Waals surface area contributed by atoms with Gasteiger partial charge in [-0.25, -0.2) is 15.0 Å². The molecule has 0 amide bonds. The van der Waals surface area contributed by atoms with Crippen molar-refractivity contribution in [3.63, 3.8) is 0 Å². The Morgan fingerprint density at radius 3 is 3.00 bits per heavy atom. The van der Waals surface area contributed by atoms with E-state index in [0.717, 1.165) is 40.3 Å². The van der Waals surface area contributed by atoms with Crippen molar-refractivity contribution < 1.29 is 4.74 Å². The lowest BCUT2D eigenvalue weighted by molar-refractivity contribution is 0.199. The molecule has 3 aromatic rings. The molecule has 1 aliphatic carbocycles. The lowest BCUT2D eigenvalue weighted by atomic mass is 10.2. The van der Waals surface area contributed by atoms with Gasteiger partial charge in [0.05, 0.1) is 5.39 Å². The SMILES string of the molecule is Cc1cc2c(NCc3cccnc3OC3CCCC3)ncnc2s1. The first kappa shape index (κ1) is 15.3. The van der Waals surface area contributed by atoms with E-state index in [4.69, 9.17) is 4.74 Å². The van der Waals surface area contributed by atoms with Gasteiger partial charge >= 0.3 is 0 Å². The predicted molar refractivity (Wildman–Crippen MR) is 96.6 cm³/mol. The van der Waals surface area contributed by atoms with Gasteiger partial charge in [0.1, 0.15) is 23.1 Å². The van der Waals surface area contributed by atoms with Crippen LogP contribution in [0.15, 0.2) is 30.7 Å². The third kappa shape index (κ3) is 3.19. The van der Waals surface area contributed by atoms with E-state index in [2.05, 4.69) is 39.3 Å². The molecule has 0 aromatic carbocycles. The third-order valence-corrected chi connectivity index (χ3v) is 5.29. The van der Waals surface area contributed by atoms with E-state index >= 15 is 0 Å². The summed E-state index contributed by atoms with van der Waals surface area (Å²) < 4.78 is 6.10. The molecule has 1 saturated carbocycles. The van der Waals surface area contributed by atoms with Gasteiger partial charge in [0.15, 0.2) is 0 Å². The van der Waals surface area contributed by atoms with E-state index in [1.807, 2.05) is 6.07 Å². The van der Waals surface area contributed by atoms with Gasteiger partial charge in [-0.15, -0.1) is 11.3 Å². The number of hydrogen-bond acceptors (Lipinski definition) is 6. The van der Waals surface area contributed by atoms with Crippen LogP contribution in [0.2, 0.25) is 0 Å². The molecule has 0 atom stereocenters. The normalized spacial score (nSPS) is 15.0. The number of fused-ring (bicyclic) bond motifs is 1. The lowest BCUT2D eigenvalue weighted by Crippen LogP contribution is -2.14. The van der Waals surface area contributed by atoms with E-state index in [1.54, 1.807) is 23.9 Å². The van der Waals surface area contributed by atoms with E-state index in [0.29, 0.717) is 12.6 Å². The number of rotatable bonds is 5. The van der Waals surface area contributed by atoms with Crippen LogP contribution >= 0.6 is 11.3 Å². The van der Waals surface area contributed by atoms with Gasteiger partial charge in [0.25, 0.3) is 0 Å². The van der Waals surface area contributed by atoms with Crippen molar-refractivity contribution in [2.75, 3.05) is 5.32 Å². The second kappa shape index (κ2) is 6.73. The summed E-state index contributed by atoms with van der Waals surface area (Å²) in [5.41, 5.74) is 1.06. The van der Waals surface area contributed by atoms with Crippen molar-refractivity contribution >= 4 is 27.4 Å². The Labute approximate surface area is 145 Å². The number of aromatic nitrogens is 3. The van der Waals surface area contributed by atoms with Crippen LogP contribution in [0.5, 0.6) is 5.88 Å². The molecule has 0 spiro atoms. The first-order chi connectivity index (χ1) is 11.8. The molecule has 1 aliphatic rings. The summed E-state index contributed by atoms with van der Waals surface area (Å²) in [5.74, 6) is 1.60. The van der Waals surface area contributed by atoms with Crippen molar-refractivity contribution in [3.8, 4) is 5.88 Å². The number of thiophene rings is 1. The Morgan fingerprint density at radius 2 is 2.12 bits per heavy atom. The van der Waals surface area contributed by atoms with Crippen LogP contribution in [0.3, 0.4) is 0 Å². The standard InChI is InChI=1S/C18H20N4OS/c1-12-9-15-16(21-11-22-18(15)24-12)20-10-13-5-4-8-19-17(13)23-14-6-2-3-7-14/h4-5,8-9,11,14H,2-3,6-7,10H2,1H3,(H,20,21,22). The summed E-state index contributed by atoms with van der Waals surface area (Å²) in [6.07, 6.45) is 8.47. The molecule has 0 unspecified atom stereocenters. The minimum atomic E-state index is 0.309. The van der Waals surface area contributed by atoms with Gasteiger partial charge in [-0.1, -0.05) is 6.07 Å². The molecular weight excluding hydrogens is 320 g/mol. The summed E-state index contributed by atoms with van der Waals surface area (Å²) in [6, 6.07) is 6.13. The molecule has 0 radical (unpaired) electrons. The van der Waals surface area contributed by atoms with Crippen molar-refractivity contribution in [3.05, 3.63) is 41.2 Å². The molecule has 3 heterocycles. The van der Waals surface area contributed by atoms with E-state index in [-0.39, 0.29) is 0 Å². The highest BCUT2D eigenvalue weighted by Gasteiger charge is 2.18. The fraction of sp³-hybridized carbons (Fsp3) is 0.389. The molecule has 0 aliphatic heterocycles. The molecule has 124 valence electrons. The first-order valence-electron chi connectivity index (χ1n) is 8.35. The first-order valence-corrected chi connectivity index (χ1v) is 9.17. The van der Waals surface area contributed by atoms with E-state index in [9.17, 15) is 0 Å². The number of anilines is 1. The molecule has 6 heteroatoms. The topological polar surface area (TPSA) is 59.9 Å². The van der Waals surface area contributed by atoms with Crippen molar-refractivity contribution in [2.24, 2.45) is 0 Å². The maximum atomic E-state index is 6.10. The highest BCUT2D eigenvalue weighted by Crippen LogP contribution is 2.29. The predicted octanol–water partition coefficient (Wildman–Crippen LogP) is 4.33. The largest absolute Gasteiger partial charge is 0.474 e. The Hall–Kier alpha value is -2.21. The minimum Gasteiger partial charge on any atom is -0.474 e. The smallest absolute Gasteiger partial charge is 0.218 e. The number of aryl methyl sites for hydroxylation is 1. The Bertz CT molecular complexity index is 842. The fourth-order valence-electron chi connectivity index (χ4n) is 3.12. The second-order valence-electron chi connectivity index (χ2n) is 6.14. The lowest BCUT2D eigenvalue weighted by Gasteiger charge is -2.15. The van der Waals surface area contributed by atoms with Crippen LogP contribution in [0.25, 0.3) is 10.2 Å². The van der Waals surface area contributed by atoms with Crippen LogP contribution < -0.4 is 10.1 Å². The quantitative estimate of drug-likeness (QED) is 0.749. The van der Waals surface area contributed by atoms with E-state index < -0.39 is 0 Å². The molecule has 24 heavy (non-hydrogen) atoms. The average molecular weight is 340 g/mol. The summed E-state index contributed by atoms with van der Waals surface area (Å²) in [7, 11) is 0. The third-order valence-electron chi connectivity index (χ3n) is 4.33. The van der Waals surface area contributed by atoms with Crippen LogP contribution in [0.1, 0.15) is 36.1 Å². The molecule has 5 nitrogen and oxygen atoms in total. The monoisotopic (exact) mass is 340 g/mol. The van der Waals surface area contributed by atoms with Crippen molar-refractivity contribution in [1.82, 2.24) is 15.0 Å². The zero-order valence-corrected chi connectivity index (χ0v) is 14.5. The van der Waals surface area contributed by atoms with Gasteiger partial charge in [0, 0.05) is 23.2 Å². The molecule has 1 N–H and O–H groups in total. The highest BCUT2D eigenvalue weighted by atomic mass is 32.1. The molecule has 3 aromatic heterocycles. The number of nitrogens with one attached hydrogen (secondary N) is 1. The highest BCUT2D eigenvalue weighted by molar-refractivity contribution is 7.18. The Balaban J connectivity index is 1.52. The molecular formula is C18H20N4OS. The maximum Gasteiger partial charge on any atom is 0.218 e. The molecule has 4 rings (SSSR count). The van der Waals surface area contributed by atoms with Gasteiger partial charge in [-0.05, 0) is 44.7 Å². The van der Waals surface area contributed by atoms with Crippen molar-refractivity contribution in [2.45, 2.75) is 45.3 Å². The minimum absolute atomic E-state index is 0.309. The van der Waals surface area contributed by atoms with Gasteiger partial charge < -0.3 is 10.1 Å². The zero-order chi connectivity index (χ0) is 16.4. The van der Waals surface area contributed by atoms with Crippen molar-refractivity contribution in [1.29, 1.82) is 0 Å². The summed E-state index contributed by atoms with van der Waals surface area (Å²) >= 11 is 1.68. The Kier molecular flexibility index (Phi) is 4.30. The van der Waals surface area contributed by atoms with E-state index in [1.165, 1.54) is 17.7 Å². The fourth-order valence-corrected chi connectivity index (χ4v) is 3.97. The van der Waals surface area contributed by atoms with Crippen LogP contribution in [-0.4, -0.2) is 21.1 Å². The van der Waals surface area contributed by atoms with Gasteiger partial charge in [-0.3, -0.25) is 0 Å². The number of hydrogen-bond donors (Lipinski definition) is 1. The molecule has 0 bridgehead atoms. The summed E-state index contributed by atoms with van der Waals surface area (Å²) in [4.78, 5) is 15.4. The van der Waals surface area contributed by atoms with Crippen LogP contribution in [0, 0.1) is 6.92 Å².